The Morgan fingerprint density at radius 2 is 0.653 bits per heavy atom. The van der Waals surface area contributed by atoms with Crippen molar-refractivity contribution in [3.8, 4) is 0 Å². The summed E-state index contributed by atoms with van der Waals surface area (Å²) in [6.07, 6.45) is 19.8. The summed E-state index contributed by atoms with van der Waals surface area (Å²) in [6, 6.07) is 23.9. The topological polar surface area (TPSA) is 90.5 Å². The first-order valence-electron chi connectivity index (χ1n) is 19.0. The lowest BCUT2D eigenvalue weighted by Crippen LogP contribution is -2.18. The first kappa shape index (κ1) is 34.7. The molecule has 0 saturated heterocycles. The molecule has 7 nitrogen and oxygen atoms in total. The van der Waals surface area contributed by atoms with Crippen LogP contribution in [0.5, 0.6) is 0 Å². The third kappa shape index (κ3) is 10.4. The lowest BCUT2D eigenvalue weighted by atomic mass is 9.87. The summed E-state index contributed by atoms with van der Waals surface area (Å²) in [6.45, 7) is 0. The molecule has 3 aliphatic rings. The number of nitrogens with one attached hydrogen (secondary N) is 3. The summed E-state index contributed by atoms with van der Waals surface area (Å²) in [5.41, 5.74) is 5.18. The van der Waals surface area contributed by atoms with E-state index in [1.54, 1.807) is 0 Å². The maximum Gasteiger partial charge on any atom is 0.224 e. The van der Waals surface area contributed by atoms with E-state index in [0.29, 0.717) is 37.0 Å². The summed E-state index contributed by atoms with van der Waals surface area (Å²) in [7, 11) is 0. The summed E-state index contributed by atoms with van der Waals surface area (Å²) < 4.78 is 0. The Morgan fingerprint density at radius 1 is 0.408 bits per heavy atom. The van der Waals surface area contributed by atoms with Crippen molar-refractivity contribution in [2.45, 2.75) is 116 Å². The molecule has 49 heavy (non-hydrogen) atoms. The normalized spacial score (nSPS) is 17.6. The van der Waals surface area contributed by atoms with Crippen molar-refractivity contribution in [1.82, 2.24) is 0 Å². The van der Waals surface area contributed by atoms with Crippen molar-refractivity contribution < 1.29 is 14.4 Å². The van der Waals surface area contributed by atoms with Crippen LogP contribution in [0.4, 0.5) is 34.1 Å². The predicted molar refractivity (Wildman–Crippen MR) is 201 cm³/mol. The van der Waals surface area contributed by atoms with Crippen LogP contribution in [0.15, 0.2) is 72.8 Å². The van der Waals surface area contributed by atoms with Crippen LogP contribution in [-0.2, 0) is 14.4 Å². The van der Waals surface area contributed by atoms with Crippen molar-refractivity contribution >= 4 is 51.8 Å². The molecule has 3 saturated carbocycles. The number of benzene rings is 3. The molecule has 3 amide bonds. The number of hydrogen-bond acceptors (Lipinski definition) is 4. The van der Waals surface area contributed by atoms with E-state index < -0.39 is 0 Å². The number of carbonyl (C=O) groups is 3. The molecule has 0 aromatic heterocycles. The second kappa shape index (κ2) is 17.5. The Kier molecular flexibility index (Phi) is 12.4. The van der Waals surface area contributed by atoms with Gasteiger partial charge in [0.2, 0.25) is 17.7 Å². The molecule has 3 fully saturated rings. The van der Waals surface area contributed by atoms with E-state index in [9.17, 15) is 14.4 Å². The molecule has 0 aliphatic heterocycles. The van der Waals surface area contributed by atoms with E-state index in [-0.39, 0.29) is 17.7 Å². The fourth-order valence-electron chi connectivity index (χ4n) is 8.13. The quantitative estimate of drug-likeness (QED) is 0.180. The molecule has 0 spiro atoms. The molecule has 0 bridgehead atoms. The van der Waals surface area contributed by atoms with Crippen LogP contribution >= 0.6 is 0 Å². The van der Waals surface area contributed by atoms with E-state index in [0.717, 1.165) is 72.6 Å². The average molecular weight is 663 g/mol. The molecule has 0 heterocycles. The molecule has 7 heteroatoms. The van der Waals surface area contributed by atoms with Crippen LogP contribution in [0.2, 0.25) is 0 Å². The zero-order chi connectivity index (χ0) is 33.8. The van der Waals surface area contributed by atoms with Crippen LogP contribution in [-0.4, -0.2) is 17.7 Å². The van der Waals surface area contributed by atoms with Crippen LogP contribution in [0, 0.1) is 17.8 Å². The van der Waals surface area contributed by atoms with Gasteiger partial charge in [-0.05, 0) is 129 Å². The molecular weight excluding hydrogens is 608 g/mol. The Balaban J connectivity index is 1.15. The number of amides is 3. The number of anilines is 6. The summed E-state index contributed by atoms with van der Waals surface area (Å²) in [5.74, 6) is 1.71. The maximum absolute atomic E-state index is 12.8. The lowest BCUT2D eigenvalue weighted by molar-refractivity contribution is -0.118. The standard InChI is InChI=1S/C42H54N4O3/c47-40(28-31-10-4-1-5-11-31)43-34-16-22-37(23-17-34)46(38-24-18-35(19-25-38)44-41(48)29-32-12-6-2-7-13-32)39-26-20-36(21-27-39)45-42(49)30-33-14-8-3-9-15-33/h16-27,31-33H,1-15,28-30H2,(H,43,47)(H,44,48)(H,45,49). The number of hydrogen-bond donors (Lipinski definition) is 3. The van der Waals surface area contributed by atoms with Crippen molar-refractivity contribution in [3.05, 3.63) is 72.8 Å². The Hall–Kier alpha value is -4.13. The van der Waals surface area contributed by atoms with Crippen molar-refractivity contribution in [2.24, 2.45) is 17.8 Å². The lowest BCUT2D eigenvalue weighted by Gasteiger charge is -2.26. The van der Waals surface area contributed by atoms with E-state index in [1.807, 2.05) is 72.8 Å². The van der Waals surface area contributed by atoms with Crippen LogP contribution in [0.3, 0.4) is 0 Å². The van der Waals surface area contributed by atoms with Gasteiger partial charge in [0.15, 0.2) is 0 Å². The van der Waals surface area contributed by atoms with Gasteiger partial charge >= 0.3 is 0 Å². The maximum atomic E-state index is 12.8. The van der Waals surface area contributed by atoms with Gasteiger partial charge in [-0.25, -0.2) is 0 Å². The zero-order valence-electron chi connectivity index (χ0n) is 29.1. The highest BCUT2D eigenvalue weighted by atomic mass is 16.2. The third-order valence-electron chi connectivity index (χ3n) is 10.8. The number of carbonyl (C=O) groups excluding carboxylic acids is 3. The predicted octanol–water partition coefficient (Wildman–Crippen LogP) is 10.9. The van der Waals surface area contributed by atoms with Gasteiger partial charge in [0.1, 0.15) is 0 Å². The summed E-state index contributed by atoms with van der Waals surface area (Å²) >= 11 is 0. The summed E-state index contributed by atoms with van der Waals surface area (Å²) in [5, 5.41) is 9.32. The second-order valence-electron chi connectivity index (χ2n) is 14.7. The van der Waals surface area contributed by atoms with Gasteiger partial charge in [-0.3, -0.25) is 14.4 Å². The highest BCUT2D eigenvalue weighted by Crippen LogP contribution is 2.37. The fourth-order valence-corrected chi connectivity index (χ4v) is 8.13. The minimum Gasteiger partial charge on any atom is -0.326 e. The number of rotatable bonds is 12. The Labute approximate surface area is 292 Å². The molecule has 260 valence electrons. The smallest absolute Gasteiger partial charge is 0.224 e. The molecular formula is C42H54N4O3. The van der Waals surface area contributed by atoms with Gasteiger partial charge < -0.3 is 20.9 Å². The molecule has 3 aromatic carbocycles. The average Bonchev–Trinajstić information content (AvgIpc) is 3.12. The molecule has 0 atom stereocenters. The SMILES string of the molecule is O=C(CC1CCCCC1)Nc1ccc(N(c2ccc(NC(=O)CC3CCCCC3)cc2)c2ccc(NC(=O)CC3CCCCC3)cc2)cc1. The van der Waals surface area contributed by atoms with E-state index in [2.05, 4.69) is 20.9 Å². The first-order chi connectivity index (χ1) is 24.0. The minimum absolute atomic E-state index is 0.0822. The van der Waals surface area contributed by atoms with Gasteiger partial charge in [0.25, 0.3) is 0 Å². The van der Waals surface area contributed by atoms with Gasteiger partial charge in [0, 0.05) is 53.4 Å². The molecule has 6 rings (SSSR count). The van der Waals surface area contributed by atoms with Crippen molar-refractivity contribution in [3.63, 3.8) is 0 Å². The van der Waals surface area contributed by atoms with Crippen molar-refractivity contribution in [1.29, 1.82) is 0 Å². The molecule has 3 N–H and O–H groups in total. The Morgan fingerprint density at radius 3 is 0.898 bits per heavy atom. The third-order valence-corrected chi connectivity index (χ3v) is 10.8. The van der Waals surface area contributed by atoms with E-state index >= 15 is 0 Å². The van der Waals surface area contributed by atoms with Gasteiger partial charge in [-0.2, -0.15) is 0 Å². The molecule has 0 radical (unpaired) electrons. The molecule has 3 aromatic rings. The van der Waals surface area contributed by atoms with Crippen LogP contribution < -0.4 is 20.9 Å². The van der Waals surface area contributed by atoms with Crippen molar-refractivity contribution in [2.75, 3.05) is 20.9 Å². The zero-order valence-corrected chi connectivity index (χ0v) is 29.1. The van der Waals surface area contributed by atoms with E-state index in [1.165, 1.54) is 57.8 Å². The first-order valence-corrected chi connectivity index (χ1v) is 19.0. The second-order valence-corrected chi connectivity index (χ2v) is 14.7. The monoisotopic (exact) mass is 662 g/mol. The number of nitrogens with zero attached hydrogens (tertiary/aromatic N) is 1. The van der Waals surface area contributed by atoms with E-state index in [4.69, 9.17) is 0 Å². The Bertz CT molecular complexity index is 1320. The minimum atomic E-state index is 0.0822. The van der Waals surface area contributed by atoms with Gasteiger partial charge in [0.05, 0.1) is 0 Å². The highest BCUT2D eigenvalue weighted by molar-refractivity contribution is 5.93. The van der Waals surface area contributed by atoms with Gasteiger partial charge in [-0.15, -0.1) is 0 Å². The fraction of sp³-hybridized carbons (Fsp3) is 0.500. The molecule has 3 aliphatic carbocycles. The largest absolute Gasteiger partial charge is 0.326 e. The van der Waals surface area contributed by atoms with Crippen LogP contribution in [0.1, 0.15) is 116 Å². The van der Waals surface area contributed by atoms with Gasteiger partial charge in [-0.1, -0.05) is 57.8 Å². The summed E-state index contributed by atoms with van der Waals surface area (Å²) in [4.78, 5) is 40.6. The highest BCUT2D eigenvalue weighted by Gasteiger charge is 2.20. The van der Waals surface area contributed by atoms with Crippen LogP contribution in [0.25, 0.3) is 0 Å². The molecule has 0 unspecified atom stereocenters.